The number of rotatable bonds is 0. The van der Waals surface area contributed by atoms with Crippen molar-refractivity contribution in [1.29, 1.82) is 0 Å². The van der Waals surface area contributed by atoms with E-state index in [1.165, 1.54) is 0 Å². The van der Waals surface area contributed by atoms with Gasteiger partial charge in [0.1, 0.15) is 0 Å². The van der Waals surface area contributed by atoms with Crippen LogP contribution in [-0.2, 0) is 0 Å². The Kier molecular flexibility index (Phi) is 1.55. The molecule has 0 spiro atoms. The van der Waals surface area contributed by atoms with E-state index in [9.17, 15) is 0 Å². The smallest absolute Gasteiger partial charge is 0.0889 e. The molecule has 0 unspecified atom stereocenters. The van der Waals surface area contributed by atoms with Crippen LogP contribution in [0.1, 0.15) is 13.8 Å². The third kappa shape index (κ3) is 1.06. The first-order chi connectivity index (χ1) is 4.54. The Balaban J connectivity index is 2.85. The maximum absolute atomic E-state index is 4.20. The van der Waals surface area contributed by atoms with E-state index in [1.807, 2.05) is 18.3 Å². The predicted octanol–water partition coefficient (Wildman–Crippen LogP) is 1.50. The molecule has 10 heavy (non-hydrogen) atoms. The Morgan fingerprint density at radius 2 is 2.30 bits per heavy atom. The highest BCUT2D eigenvalue weighted by molar-refractivity contribution is 5.59. The minimum absolute atomic E-state index is 0.142. The first kappa shape index (κ1) is 7.32. The van der Waals surface area contributed by atoms with Crippen LogP contribution in [0.3, 0.4) is 0 Å². The summed E-state index contributed by atoms with van der Waals surface area (Å²) < 4.78 is 0. The van der Waals surface area contributed by atoms with Crippen LogP contribution in [0.25, 0.3) is 0 Å². The largest absolute Gasteiger partial charge is 0.340 e. The third-order valence-corrected chi connectivity index (χ3v) is 1.95. The minimum atomic E-state index is 0.142. The fraction of sp³-hybridized carbons (Fsp3) is 0.625. The van der Waals surface area contributed by atoms with Gasteiger partial charge in [-0.3, -0.25) is 4.99 Å². The minimum Gasteiger partial charge on any atom is -0.340 e. The summed E-state index contributed by atoms with van der Waals surface area (Å²) in [7, 11) is 1.98. The van der Waals surface area contributed by atoms with Gasteiger partial charge >= 0.3 is 0 Å². The van der Waals surface area contributed by atoms with E-state index < -0.39 is 0 Å². The van der Waals surface area contributed by atoms with Crippen molar-refractivity contribution in [3.05, 3.63) is 12.3 Å². The van der Waals surface area contributed by atoms with Gasteiger partial charge in [0.2, 0.25) is 0 Å². The molecule has 0 saturated heterocycles. The van der Waals surface area contributed by atoms with Crippen molar-refractivity contribution in [3.8, 4) is 0 Å². The molecule has 2 heteroatoms. The second-order valence-corrected chi connectivity index (χ2v) is 3.40. The molecule has 0 aromatic carbocycles. The second kappa shape index (κ2) is 2.11. The maximum atomic E-state index is 4.20. The Morgan fingerprint density at radius 1 is 1.70 bits per heavy atom. The Labute approximate surface area is 62.3 Å². The van der Waals surface area contributed by atoms with E-state index in [2.05, 4.69) is 25.4 Å². The molecule has 1 heterocycles. The highest BCUT2D eigenvalue weighted by Gasteiger charge is 2.26. The highest BCUT2D eigenvalue weighted by atomic mass is 15.2. The molecule has 1 aliphatic rings. The summed E-state index contributed by atoms with van der Waals surface area (Å²) in [6.45, 7) is 9.15. The summed E-state index contributed by atoms with van der Waals surface area (Å²) in [4.78, 5) is 6.18. The van der Waals surface area contributed by atoms with E-state index in [1.54, 1.807) is 0 Å². The molecule has 1 rings (SSSR count). The monoisotopic (exact) mass is 138 g/mol. The number of nitrogens with zero attached hydrogens (tertiary/aromatic N) is 2. The average molecular weight is 138 g/mol. The van der Waals surface area contributed by atoms with E-state index >= 15 is 0 Å². The van der Waals surface area contributed by atoms with Crippen LogP contribution < -0.4 is 0 Å². The van der Waals surface area contributed by atoms with E-state index in [-0.39, 0.29) is 5.41 Å². The van der Waals surface area contributed by atoms with Crippen LogP contribution in [0.15, 0.2) is 17.3 Å². The van der Waals surface area contributed by atoms with Gasteiger partial charge in [0.05, 0.1) is 12.9 Å². The molecule has 0 N–H and O–H groups in total. The molecular weight excluding hydrogens is 124 g/mol. The van der Waals surface area contributed by atoms with Crippen molar-refractivity contribution in [2.45, 2.75) is 13.8 Å². The summed E-state index contributed by atoms with van der Waals surface area (Å²) in [6, 6.07) is 0. The fourth-order valence-corrected chi connectivity index (χ4v) is 1.03. The molecule has 2 nitrogen and oxygen atoms in total. The quantitative estimate of drug-likeness (QED) is 0.495. The van der Waals surface area contributed by atoms with Crippen molar-refractivity contribution < 1.29 is 0 Å². The van der Waals surface area contributed by atoms with Crippen molar-refractivity contribution in [1.82, 2.24) is 4.90 Å². The van der Waals surface area contributed by atoms with Crippen LogP contribution >= 0.6 is 0 Å². The molecule has 0 aromatic heterocycles. The predicted molar refractivity (Wildman–Crippen MR) is 44.0 cm³/mol. The van der Waals surface area contributed by atoms with Gasteiger partial charge in [-0.1, -0.05) is 20.4 Å². The average Bonchev–Trinajstić information content (AvgIpc) is 1.83. The molecule has 0 bridgehead atoms. The second-order valence-electron chi connectivity index (χ2n) is 3.40. The molecule has 0 amide bonds. The molecule has 1 aliphatic heterocycles. The van der Waals surface area contributed by atoms with Gasteiger partial charge in [-0.05, 0) is 0 Å². The zero-order valence-electron chi connectivity index (χ0n) is 6.89. The van der Waals surface area contributed by atoms with Crippen molar-refractivity contribution in [2.75, 3.05) is 13.6 Å². The van der Waals surface area contributed by atoms with Gasteiger partial charge < -0.3 is 4.90 Å². The first-order valence-corrected chi connectivity index (χ1v) is 3.46. The normalized spacial score (nSPS) is 23.5. The Hall–Kier alpha value is -0.790. The summed E-state index contributed by atoms with van der Waals surface area (Å²) in [6.07, 6.45) is 1.83. The molecule has 56 valence electrons. The topological polar surface area (TPSA) is 15.6 Å². The van der Waals surface area contributed by atoms with E-state index in [4.69, 9.17) is 0 Å². The third-order valence-electron chi connectivity index (χ3n) is 1.95. The van der Waals surface area contributed by atoms with E-state index in [0.29, 0.717) is 0 Å². The number of hydrogen-bond acceptors (Lipinski definition) is 2. The zero-order chi connectivity index (χ0) is 7.78. The van der Waals surface area contributed by atoms with Gasteiger partial charge in [-0.15, -0.1) is 0 Å². The molecule has 0 atom stereocenters. The van der Waals surface area contributed by atoms with Gasteiger partial charge in [-0.25, -0.2) is 0 Å². The lowest BCUT2D eigenvalue weighted by Gasteiger charge is -2.34. The Bertz CT molecular complexity index is 180. The van der Waals surface area contributed by atoms with Crippen LogP contribution in [0, 0.1) is 5.41 Å². The summed E-state index contributed by atoms with van der Waals surface area (Å²) in [5.74, 6) is 0. The lowest BCUT2D eigenvalue weighted by Crippen LogP contribution is -2.33. The van der Waals surface area contributed by atoms with E-state index in [0.717, 1.165) is 12.2 Å². The summed E-state index contributed by atoms with van der Waals surface area (Å²) in [5.41, 5.74) is 1.28. The van der Waals surface area contributed by atoms with Crippen molar-refractivity contribution in [3.63, 3.8) is 0 Å². The molecular formula is C8H14N2. The SMILES string of the molecule is C=C1N(C)C=NCC1(C)C. The number of aliphatic imine (C=N–C) groups is 1. The standard InChI is InChI=1S/C8H14N2/c1-7-8(2,3)5-9-6-10(7)4/h6H,1,5H2,2-4H3. The van der Waals surface area contributed by atoms with Gasteiger partial charge in [0, 0.05) is 18.2 Å². The highest BCUT2D eigenvalue weighted by Crippen LogP contribution is 2.28. The molecule has 0 radical (unpaired) electrons. The maximum Gasteiger partial charge on any atom is 0.0889 e. The van der Waals surface area contributed by atoms with Crippen LogP contribution in [0.2, 0.25) is 0 Å². The fourth-order valence-electron chi connectivity index (χ4n) is 1.03. The first-order valence-electron chi connectivity index (χ1n) is 3.46. The van der Waals surface area contributed by atoms with Crippen LogP contribution in [0.4, 0.5) is 0 Å². The number of hydrogen-bond donors (Lipinski definition) is 0. The lowest BCUT2D eigenvalue weighted by molar-refractivity contribution is 0.358. The van der Waals surface area contributed by atoms with Gasteiger partial charge in [0.25, 0.3) is 0 Å². The summed E-state index contributed by atoms with van der Waals surface area (Å²) >= 11 is 0. The van der Waals surface area contributed by atoms with Crippen LogP contribution in [-0.4, -0.2) is 24.8 Å². The molecule has 0 saturated carbocycles. The van der Waals surface area contributed by atoms with Crippen molar-refractivity contribution >= 4 is 6.34 Å². The molecule has 0 aliphatic carbocycles. The lowest BCUT2D eigenvalue weighted by atomic mass is 9.88. The van der Waals surface area contributed by atoms with Crippen LogP contribution in [0.5, 0.6) is 0 Å². The zero-order valence-corrected chi connectivity index (χ0v) is 6.89. The van der Waals surface area contributed by atoms with Crippen molar-refractivity contribution in [2.24, 2.45) is 10.4 Å². The Morgan fingerprint density at radius 3 is 2.70 bits per heavy atom. The van der Waals surface area contributed by atoms with Gasteiger partial charge in [-0.2, -0.15) is 0 Å². The molecule has 0 fully saturated rings. The summed E-state index contributed by atoms with van der Waals surface area (Å²) in [5, 5.41) is 0. The molecule has 0 aromatic rings. The van der Waals surface area contributed by atoms with Gasteiger partial charge in [0.15, 0.2) is 0 Å².